The van der Waals surface area contributed by atoms with Crippen LogP contribution in [0.3, 0.4) is 0 Å². The van der Waals surface area contributed by atoms with E-state index < -0.39 is 0 Å². The molecule has 3 aromatic rings. The first kappa shape index (κ1) is 14.9. The summed E-state index contributed by atoms with van der Waals surface area (Å²) in [5, 5.41) is 12.6. The normalized spacial score (nSPS) is 17.8. The molecule has 1 saturated heterocycles. The Morgan fingerprint density at radius 2 is 2.08 bits per heavy atom. The number of likely N-dealkylation sites (tertiary alicyclic amines) is 1. The summed E-state index contributed by atoms with van der Waals surface area (Å²) in [5.74, 6) is -0.00222. The van der Waals surface area contributed by atoms with Gasteiger partial charge < -0.3 is 4.90 Å². The number of fused-ring (bicyclic) bond motifs is 1. The maximum atomic E-state index is 13.2. The van der Waals surface area contributed by atoms with Crippen molar-refractivity contribution < 1.29 is 4.79 Å². The molecular weight excluding hydrogens is 302 g/mol. The molecule has 6 heteroatoms. The molecule has 0 radical (unpaired) electrons. The number of hydrogen-bond acceptors (Lipinski definition) is 3. The number of aromatic nitrogens is 4. The van der Waals surface area contributed by atoms with Gasteiger partial charge in [0, 0.05) is 30.2 Å². The van der Waals surface area contributed by atoms with Crippen LogP contribution in [0.2, 0.25) is 0 Å². The fourth-order valence-corrected chi connectivity index (χ4v) is 3.84. The van der Waals surface area contributed by atoms with Gasteiger partial charge in [0.2, 0.25) is 0 Å². The molecule has 1 aliphatic heterocycles. The quantitative estimate of drug-likeness (QED) is 0.788. The van der Waals surface area contributed by atoms with Gasteiger partial charge in [-0.25, -0.2) is 0 Å². The molecule has 1 unspecified atom stereocenters. The van der Waals surface area contributed by atoms with E-state index in [0.717, 1.165) is 41.7 Å². The molecule has 1 amide bonds. The Labute approximate surface area is 140 Å². The minimum Gasteiger partial charge on any atom is -0.330 e. The largest absolute Gasteiger partial charge is 0.330 e. The molecule has 0 saturated carbocycles. The van der Waals surface area contributed by atoms with Crippen LogP contribution < -0.4 is 0 Å². The molecular formula is C18H21N5O. The molecule has 6 nitrogen and oxygen atoms in total. The molecule has 0 bridgehead atoms. The Kier molecular flexibility index (Phi) is 3.40. The molecule has 1 fully saturated rings. The summed E-state index contributed by atoms with van der Waals surface area (Å²) in [5.41, 5.74) is 4.72. The van der Waals surface area contributed by atoms with Crippen LogP contribution in [0.25, 0.3) is 10.9 Å². The lowest BCUT2D eigenvalue weighted by atomic mass is 10.0. The predicted octanol–water partition coefficient (Wildman–Crippen LogP) is 2.89. The first-order chi connectivity index (χ1) is 11.6. The zero-order chi connectivity index (χ0) is 16.8. The van der Waals surface area contributed by atoms with Crippen molar-refractivity contribution in [3.8, 4) is 0 Å². The lowest BCUT2D eigenvalue weighted by Gasteiger charge is -2.24. The number of benzene rings is 1. The zero-order valence-corrected chi connectivity index (χ0v) is 14.2. The van der Waals surface area contributed by atoms with Crippen molar-refractivity contribution in [2.45, 2.75) is 32.7 Å². The number of amides is 1. The highest BCUT2D eigenvalue weighted by Crippen LogP contribution is 2.36. The molecule has 1 aromatic carbocycles. The smallest absolute Gasteiger partial charge is 0.275 e. The van der Waals surface area contributed by atoms with Crippen molar-refractivity contribution in [2.75, 3.05) is 6.54 Å². The Bertz CT molecular complexity index is 923. The lowest BCUT2D eigenvalue weighted by molar-refractivity contribution is 0.0731. The van der Waals surface area contributed by atoms with Crippen LogP contribution in [-0.2, 0) is 7.05 Å². The highest BCUT2D eigenvalue weighted by atomic mass is 16.2. The van der Waals surface area contributed by atoms with Gasteiger partial charge in [0.15, 0.2) is 5.69 Å². The van der Waals surface area contributed by atoms with Crippen molar-refractivity contribution >= 4 is 16.8 Å². The van der Waals surface area contributed by atoms with Crippen molar-refractivity contribution in [2.24, 2.45) is 7.05 Å². The second kappa shape index (κ2) is 5.47. The fourth-order valence-electron chi connectivity index (χ4n) is 3.84. The minimum atomic E-state index is -0.00222. The van der Waals surface area contributed by atoms with Gasteiger partial charge >= 0.3 is 0 Å². The number of nitrogens with one attached hydrogen (secondary N) is 1. The summed E-state index contributed by atoms with van der Waals surface area (Å²) >= 11 is 0. The highest BCUT2D eigenvalue weighted by Gasteiger charge is 2.35. The van der Waals surface area contributed by atoms with Gasteiger partial charge in [0.1, 0.15) is 0 Å². The second-order valence-electron chi connectivity index (χ2n) is 6.48. The Morgan fingerprint density at radius 3 is 2.83 bits per heavy atom. The Balaban J connectivity index is 1.74. The first-order valence-electron chi connectivity index (χ1n) is 8.32. The maximum Gasteiger partial charge on any atom is 0.275 e. The van der Waals surface area contributed by atoms with Crippen molar-refractivity contribution in [3.63, 3.8) is 0 Å². The summed E-state index contributed by atoms with van der Waals surface area (Å²) in [6, 6.07) is 7.84. The van der Waals surface area contributed by atoms with Gasteiger partial charge in [0.05, 0.1) is 17.3 Å². The van der Waals surface area contributed by atoms with Crippen molar-refractivity contribution in [3.05, 3.63) is 46.9 Å². The number of para-hydroxylation sites is 1. The van der Waals surface area contributed by atoms with Crippen LogP contribution in [0.1, 0.15) is 46.3 Å². The average Bonchev–Trinajstić information content (AvgIpc) is 3.26. The van der Waals surface area contributed by atoms with Crippen molar-refractivity contribution in [1.82, 2.24) is 24.9 Å². The van der Waals surface area contributed by atoms with E-state index in [0.29, 0.717) is 5.69 Å². The van der Waals surface area contributed by atoms with E-state index in [2.05, 4.69) is 22.2 Å². The third kappa shape index (κ3) is 2.13. The molecule has 24 heavy (non-hydrogen) atoms. The average molecular weight is 323 g/mol. The van der Waals surface area contributed by atoms with E-state index in [1.807, 2.05) is 47.8 Å². The molecule has 124 valence electrons. The summed E-state index contributed by atoms with van der Waals surface area (Å²) in [7, 11) is 1.95. The number of hydrogen-bond donors (Lipinski definition) is 1. The van der Waals surface area contributed by atoms with Crippen LogP contribution in [0.5, 0.6) is 0 Å². The number of carbonyl (C=O) groups is 1. The molecule has 0 aliphatic carbocycles. The van der Waals surface area contributed by atoms with E-state index in [1.165, 1.54) is 5.56 Å². The molecule has 3 heterocycles. The van der Waals surface area contributed by atoms with E-state index in [1.54, 1.807) is 0 Å². The topological polar surface area (TPSA) is 66.8 Å². The van der Waals surface area contributed by atoms with E-state index in [4.69, 9.17) is 0 Å². The molecule has 0 spiro atoms. The van der Waals surface area contributed by atoms with Crippen LogP contribution in [0, 0.1) is 13.8 Å². The number of rotatable bonds is 2. The van der Waals surface area contributed by atoms with Gasteiger partial charge in [-0.05, 0) is 32.8 Å². The predicted molar refractivity (Wildman–Crippen MR) is 91.8 cm³/mol. The first-order valence-corrected chi connectivity index (χ1v) is 8.32. The summed E-state index contributed by atoms with van der Waals surface area (Å²) in [6.45, 7) is 4.85. The van der Waals surface area contributed by atoms with Gasteiger partial charge in [0.25, 0.3) is 5.91 Å². The van der Waals surface area contributed by atoms with E-state index >= 15 is 0 Å². The summed E-state index contributed by atoms with van der Waals surface area (Å²) in [6.07, 6.45) is 1.98. The minimum absolute atomic E-state index is 0.00222. The SMILES string of the molecule is Cc1nn(C)c(C)c1C1CCCN1C(=O)c1n[nH]c2ccccc12. The van der Waals surface area contributed by atoms with Gasteiger partial charge in [-0.15, -0.1) is 0 Å². The van der Waals surface area contributed by atoms with E-state index in [-0.39, 0.29) is 11.9 Å². The van der Waals surface area contributed by atoms with Crippen molar-refractivity contribution in [1.29, 1.82) is 0 Å². The fraction of sp³-hybridized carbons (Fsp3) is 0.389. The molecule has 2 aromatic heterocycles. The standard InChI is InChI=1S/C18H21N5O/c1-11-16(12(2)22(3)21-11)15-9-6-10-23(15)18(24)17-13-7-4-5-8-14(13)19-20-17/h4-5,7-8,15H,6,9-10H2,1-3H3,(H,19,20). The summed E-state index contributed by atoms with van der Waals surface area (Å²) in [4.78, 5) is 15.1. The van der Waals surface area contributed by atoms with Gasteiger partial charge in [-0.1, -0.05) is 18.2 Å². The van der Waals surface area contributed by atoms with Gasteiger partial charge in [-0.3, -0.25) is 14.6 Å². The Hall–Kier alpha value is -2.63. The molecule has 1 aliphatic rings. The van der Waals surface area contributed by atoms with Crippen LogP contribution >= 0.6 is 0 Å². The molecule has 1 N–H and O–H groups in total. The lowest BCUT2D eigenvalue weighted by Crippen LogP contribution is -2.31. The van der Waals surface area contributed by atoms with E-state index in [9.17, 15) is 4.79 Å². The Morgan fingerprint density at radius 1 is 1.29 bits per heavy atom. The third-order valence-electron chi connectivity index (χ3n) is 5.08. The van der Waals surface area contributed by atoms with Crippen LogP contribution in [0.15, 0.2) is 24.3 Å². The number of nitrogens with zero attached hydrogens (tertiary/aromatic N) is 4. The van der Waals surface area contributed by atoms with Crippen LogP contribution in [0.4, 0.5) is 0 Å². The summed E-state index contributed by atoms with van der Waals surface area (Å²) < 4.78 is 1.90. The zero-order valence-electron chi connectivity index (χ0n) is 14.2. The molecule has 4 rings (SSSR count). The number of H-pyrrole nitrogens is 1. The molecule has 1 atom stereocenters. The van der Waals surface area contributed by atoms with Gasteiger partial charge in [-0.2, -0.15) is 10.2 Å². The third-order valence-corrected chi connectivity index (χ3v) is 5.08. The number of aromatic amines is 1. The number of aryl methyl sites for hydroxylation is 2. The van der Waals surface area contributed by atoms with Crippen LogP contribution in [-0.4, -0.2) is 37.3 Å². The second-order valence-corrected chi connectivity index (χ2v) is 6.48. The maximum absolute atomic E-state index is 13.2. The monoisotopic (exact) mass is 323 g/mol. The highest BCUT2D eigenvalue weighted by molar-refractivity contribution is 6.04. The number of carbonyl (C=O) groups excluding carboxylic acids is 1.